The first-order valence-electron chi connectivity index (χ1n) is 10.5. The normalized spacial score (nSPS) is 12.2. The molecule has 6 heteroatoms. The third kappa shape index (κ3) is 5.64. The predicted molar refractivity (Wildman–Crippen MR) is 125 cm³/mol. The average Bonchev–Trinajstić information content (AvgIpc) is 2.99. The Kier molecular flexibility index (Phi) is 6.41. The Labute approximate surface area is 184 Å². The van der Waals surface area contributed by atoms with Crippen molar-refractivity contribution in [2.75, 3.05) is 19.0 Å². The Hall–Kier alpha value is -2.86. The van der Waals surface area contributed by atoms with Gasteiger partial charge in [-0.1, -0.05) is 39.0 Å². The van der Waals surface area contributed by atoms with Crippen LogP contribution in [-0.2, 0) is 9.53 Å². The Balaban J connectivity index is 2.08. The Morgan fingerprint density at radius 2 is 1.87 bits per heavy atom. The van der Waals surface area contributed by atoms with Gasteiger partial charge in [0.2, 0.25) is 0 Å². The Bertz CT molecular complexity index is 1080. The zero-order valence-electron chi connectivity index (χ0n) is 19.6. The van der Waals surface area contributed by atoms with Crippen molar-refractivity contribution in [1.29, 1.82) is 0 Å². The summed E-state index contributed by atoms with van der Waals surface area (Å²) in [4.78, 5) is 16.8. The van der Waals surface area contributed by atoms with E-state index < -0.39 is 5.97 Å². The Morgan fingerprint density at radius 1 is 1.13 bits per heavy atom. The number of carbonyl (C=O) groups excluding carboxylic acids is 1. The quantitative estimate of drug-likeness (QED) is 0.402. The number of hydrogen-bond donors (Lipinski definition) is 1. The number of ether oxygens (including phenoxy) is 2. The first-order chi connectivity index (χ1) is 14.5. The second-order valence-corrected chi connectivity index (χ2v) is 9.88. The summed E-state index contributed by atoms with van der Waals surface area (Å²) in [5.41, 5.74) is 3.69. The van der Waals surface area contributed by atoms with Gasteiger partial charge in [0.25, 0.3) is 0 Å². The number of methoxy groups -OCH3 is 1. The van der Waals surface area contributed by atoms with Gasteiger partial charge in [-0.3, -0.25) is 4.40 Å². The monoisotopic (exact) mass is 423 g/mol. The SMILES string of the molecule is COCC(=O)Oc1cccc(-c2nc3c(C)cccn3c2NC(C)(C)CC(C)(C)C)c1. The molecule has 0 saturated carbocycles. The molecular formula is C25H33N3O3. The molecule has 0 saturated heterocycles. The maximum atomic E-state index is 11.9. The number of nitrogens with one attached hydrogen (secondary N) is 1. The molecule has 6 nitrogen and oxygen atoms in total. The van der Waals surface area contributed by atoms with Crippen molar-refractivity contribution < 1.29 is 14.3 Å². The smallest absolute Gasteiger partial charge is 0.337 e. The average molecular weight is 424 g/mol. The summed E-state index contributed by atoms with van der Waals surface area (Å²) < 4.78 is 12.4. The second-order valence-electron chi connectivity index (χ2n) is 9.88. The summed E-state index contributed by atoms with van der Waals surface area (Å²) in [5, 5.41) is 3.75. The lowest BCUT2D eigenvalue weighted by Crippen LogP contribution is -2.36. The van der Waals surface area contributed by atoms with Crippen LogP contribution in [0.25, 0.3) is 16.9 Å². The van der Waals surface area contributed by atoms with Crippen molar-refractivity contribution in [2.24, 2.45) is 5.41 Å². The topological polar surface area (TPSA) is 64.9 Å². The molecule has 0 spiro atoms. The van der Waals surface area contributed by atoms with Crippen LogP contribution in [0.1, 0.15) is 46.6 Å². The van der Waals surface area contributed by atoms with E-state index in [2.05, 4.69) is 57.3 Å². The molecule has 2 aromatic heterocycles. The number of aryl methyl sites for hydroxylation is 1. The van der Waals surface area contributed by atoms with Crippen molar-refractivity contribution in [3.05, 3.63) is 48.2 Å². The lowest BCUT2D eigenvalue weighted by atomic mass is 9.82. The minimum Gasteiger partial charge on any atom is -0.425 e. The van der Waals surface area contributed by atoms with Gasteiger partial charge in [-0.15, -0.1) is 0 Å². The number of anilines is 1. The lowest BCUT2D eigenvalue weighted by Gasteiger charge is -2.34. The number of imidazole rings is 1. The number of aromatic nitrogens is 2. The molecule has 166 valence electrons. The molecule has 0 unspecified atom stereocenters. The molecule has 1 N–H and O–H groups in total. The van der Waals surface area contributed by atoms with Crippen LogP contribution in [0.15, 0.2) is 42.6 Å². The highest BCUT2D eigenvalue weighted by atomic mass is 16.6. The Morgan fingerprint density at radius 3 is 2.55 bits per heavy atom. The number of fused-ring (bicyclic) bond motifs is 1. The number of esters is 1. The largest absolute Gasteiger partial charge is 0.425 e. The number of carbonyl (C=O) groups is 1. The molecule has 0 aliphatic rings. The summed E-state index contributed by atoms with van der Waals surface area (Å²) in [6, 6.07) is 11.5. The minimum atomic E-state index is -0.435. The van der Waals surface area contributed by atoms with E-state index in [1.807, 2.05) is 30.5 Å². The van der Waals surface area contributed by atoms with Gasteiger partial charge in [0.1, 0.15) is 29.5 Å². The summed E-state index contributed by atoms with van der Waals surface area (Å²) in [6.07, 6.45) is 3.00. The number of nitrogens with zero attached hydrogens (tertiary/aromatic N) is 2. The third-order valence-corrected chi connectivity index (χ3v) is 4.88. The maximum Gasteiger partial charge on any atom is 0.337 e. The van der Waals surface area contributed by atoms with E-state index in [1.54, 1.807) is 6.07 Å². The number of benzene rings is 1. The van der Waals surface area contributed by atoms with Gasteiger partial charge < -0.3 is 14.8 Å². The zero-order chi connectivity index (χ0) is 22.8. The van der Waals surface area contributed by atoms with Crippen molar-refractivity contribution in [3.63, 3.8) is 0 Å². The van der Waals surface area contributed by atoms with E-state index in [0.29, 0.717) is 5.75 Å². The van der Waals surface area contributed by atoms with Crippen LogP contribution >= 0.6 is 0 Å². The number of rotatable bonds is 7. The third-order valence-electron chi connectivity index (χ3n) is 4.88. The first-order valence-corrected chi connectivity index (χ1v) is 10.5. The van der Waals surface area contributed by atoms with Crippen LogP contribution < -0.4 is 10.1 Å². The van der Waals surface area contributed by atoms with E-state index >= 15 is 0 Å². The molecule has 0 radical (unpaired) electrons. The van der Waals surface area contributed by atoms with Crippen LogP contribution in [0.3, 0.4) is 0 Å². The van der Waals surface area contributed by atoms with E-state index in [1.165, 1.54) is 7.11 Å². The van der Waals surface area contributed by atoms with Crippen molar-refractivity contribution in [1.82, 2.24) is 9.38 Å². The molecule has 0 aliphatic heterocycles. The fraction of sp³-hybridized carbons (Fsp3) is 0.440. The minimum absolute atomic E-state index is 0.0917. The second kappa shape index (κ2) is 8.71. The van der Waals surface area contributed by atoms with E-state index in [-0.39, 0.29) is 17.6 Å². The van der Waals surface area contributed by atoms with E-state index in [0.717, 1.165) is 34.7 Å². The highest BCUT2D eigenvalue weighted by molar-refractivity contribution is 5.79. The van der Waals surface area contributed by atoms with Crippen LogP contribution in [0.2, 0.25) is 0 Å². The number of pyridine rings is 1. The van der Waals surface area contributed by atoms with Gasteiger partial charge in [0.05, 0.1) is 0 Å². The highest BCUT2D eigenvalue weighted by Crippen LogP contribution is 2.36. The summed E-state index contributed by atoms with van der Waals surface area (Å²) in [7, 11) is 1.47. The maximum absolute atomic E-state index is 11.9. The molecule has 0 amide bonds. The van der Waals surface area contributed by atoms with Crippen LogP contribution in [-0.4, -0.2) is 34.6 Å². The highest BCUT2D eigenvalue weighted by Gasteiger charge is 2.28. The summed E-state index contributed by atoms with van der Waals surface area (Å²) in [5.74, 6) is 0.955. The van der Waals surface area contributed by atoms with Crippen molar-refractivity contribution in [2.45, 2.75) is 53.5 Å². The summed E-state index contributed by atoms with van der Waals surface area (Å²) in [6.45, 7) is 13.1. The van der Waals surface area contributed by atoms with Gasteiger partial charge in [0.15, 0.2) is 0 Å². The van der Waals surface area contributed by atoms with Gasteiger partial charge in [0, 0.05) is 24.4 Å². The van der Waals surface area contributed by atoms with Gasteiger partial charge >= 0.3 is 5.97 Å². The molecular weight excluding hydrogens is 390 g/mol. The molecule has 2 heterocycles. The first kappa shape index (κ1) is 22.8. The fourth-order valence-corrected chi connectivity index (χ4v) is 4.20. The van der Waals surface area contributed by atoms with Crippen LogP contribution in [0.4, 0.5) is 5.82 Å². The van der Waals surface area contributed by atoms with Crippen molar-refractivity contribution >= 4 is 17.4 Å². The molecule has 31 heavy (non-hydrogen) atoms. The zero-order valence-corrected chi connectivity index (χ0v) is 19.6. The van der Waals surface area contributed by atoms with Crippen LogP contribution in [0.5, 0.6) is 5.75 Å². The molecule has 0 bridgehead atoms. The summed E-state index contributed by atoms with van der Waals surface area (Å²) >= 11 is 0. The van der Waals surface area contributed by atoms with Gasteiger partial charge in [-0.2, -0.15) is 0 Å². The van der Waals surface area contributed by atoms with Crippen LogP contribution in [0, 0.1) is 12.3 Å². The number of hydrogen-bond acceptors (Lipinski definition) is 5. The fourth-order valence-electron chi connectivity index (χ4n) is 4.20. The lowest BCUT2D eigenvalue weighted by molar-refractivity contribution is -0.138. The molecule has 0 aliphatic carbocycles. The molecule has 0 fully saturated rings. The van der Waals surface area contributed by atoms with E-state index in [9.17, 15) is 4.79 Å². The molecule has 1 aromatic carbocycles. The predicted octanol–water partition coefficient (Wildman–Crippen LogP) is 5.49. The van der Waals surface area contributed by atoms with Gasteiger partial charge in [-0.25, -0.2) is 9.78 Å². The molecule has 3 aromatic rings. The van der Waals surface area contributed by atoms with Crippen molar-refractivity contribution in [3.8, 4) is 17.0 Å². The van der Waals surface area contributed by atoms with E-state index in [4.69, 9.17) is 14.5 Å². The molecule has 3 rings (SSSR count). The molecule has 0 atom stereocenters. The van der Waals surface area contributed by atoms with Gasteiger partial charge in [-0.05, 0) is 56.4 Å². The standard InChI is InChI=1S/C25H33N3O3/c1-17-10-9-13-28-22(17)26-21(23(28)27-25(5,6)16-24(2,3)4)18-11-8-12-19(14-18)31-20(29)15-30-7/h8-14,27H,15-16H2,1-7H3.